The SMILES string of the molecule is Cc1nn(CCO)c(C)c1CN1CCN(CC#N)CC1. The number of aryl methyl sites for hydroxylation is 1. The number of hydrogen-bond acceptors (Lipinski definition) is 5. The van der Waals surface area contributed by atoms with Crippen LogP contribution in [0.3, 0.4) is 0 Å². The number of aromatic nitrogens is 2. The van der Waals surface area contributed by atoms with Crippen molar-refractivity contribution in [1.82, 2.24) is 19.6 Å². The second-order valence-corrected chi connectivity index (χ2v) is 5.31. The lowest BCUT2D eigenvalue weighted by atomic mass is 10.1. The first kappa shape index (κ1) is 15.0. The predicted octanol–water partition coefficient (Wildman–Crippen LogP) is 0.133. The lowest BCUT2D eigenvalue weighted by molar-refractivity contribution is 0.137. The first-order valence-corrected chi connectivity index (χ1v) is 7.11. The predicted molar refractivity (Wildman–Crippen MR) is 76.1 cm³/mol. The Morgan fingerprint density at radius 1 is 1.20 bits per heavy atom. The second-order valence-electron chi connectivity index (χ2n) is 5.31. The van der Waals surface area contributed by atoms with Gasteiger partial charge in [0.2, 0.25) is 0 Å². The molecule has 1 saturated heterocycles. The molecule has 1 aromatic heterocycles. The third-order valence-corrected chi connectivity index (χ3v) is 3.98. The molecule has 2 heterocycles. The van der Waals surface area contributed by atoms with Crippen molar-refractivity contribution in [3.63, 3.8) is 0 Å². The lowest BCUT2D eigenvalue weighted by Gasteiger charge is -2.33. The summed E-state index contributed by atoms with van der Waals surface area (Å²) in [5.41, 5.74) is 3.47. The Morgan fingerprint density at radius 3 is 2.45 bits per heavy atom. The van der Waals surface area contributed by atoms with Gasteiger partial charge in [-0.05, 0) is 13.8 Å². The summed E-state index contributed by atoms with van der Waals surface area (Å²) in [4.78, 5) is 4.60. The minimum absolute atomic E-state index is 0.119. The summed E-state index contributed by atoms with van der Waals surface area (Å²) in [6.07, 6.45) is 0. The molecule has 2 rings (SSSR count). The standard InChI is InChI=1S/C14H23N5O/c1-12-14(13(2)19(16-12)9-10-20)11-18-7-5-17(4-3-15)6-8-18/h20H,4-11H2,1-2H3. The Kier molecular flexibility index (Phi) is 5.12. The number of nitrogens with zero attached hydrogens (tertiary/aromatic N) is 5. The van der Waals surface area contributed by atoms with Crippen LogP contribution < -0.4 is 0 Å². The van der Waals surface area contributed by atoms with Gasteiger partial charge in [-0.2, -0.15) is 10.4 Å². The summed E-state index contributed by atoms with van der Waals surface area (Å²) in [5.74, 6) is 0. The van der Waals surface area contributed by atoms with Crippen LogP contribution in [0.15, 0.2) is 0 Å². The Morgan fingerprint density at radius 2 is 1.85 bits per heavy atom. The van der Waals surface area contributed by atoms with Crippen LogP contribution in [0, 0.1) is 25.2 Å². The van der Waals surface area contributed by atoms with E-state index < -0.39 is 0 Å². The van der Waals surface area contributed by atoms with E-state index in [0.717, 1.165) is 44.1 Å². The molecule has 6 nitrogen and oxygen atoms in total. The molecule has 0 saturated carbocycles. The maximum Gasteiger partial charge on any atom is 0.0866 e. The van der Waals surface area contributed by atoms with Gasteiger partial charge in [0, 0.05) is 44.0 Å². The van der Waals surface area contributed by atoms with E-state index in [0.29, 0.717) is 13.1 Å². The molecular weight excluding hydrogens is 254 g/mol. The summed E-state index contributed by atoms with van der Waals surface area (Å²) >= 11 is 0. The average molecular weight is 277 g/mol. The number of hydrogen-bond donors (Lipinski definition) is 1. The summed E-state index contributed by atoms with van der Waals surface area (Å²) in [6.45, 7) is 10.1. The normalized spacial score (nSPS) is 17.3. The Bertz CT molecular complexity index is 482. The summed E-state index contributed by atoms with van der Waals surface area (Å²) < 4.78 is 1.89. The molecule has 20 heavy (non-hydrogen) atoms. The monoisotopic (exact) mass is 277 g/mol. The minimum Gasteiger partial charge on any atom is -0.394 e. The van der Waals surface area contributed by atoms with Crippen LogP contribution in [0.25, 0.3) is 0 Å². The van der Waals surface area contributed by atoms with Crippen molar-refractivity contribution < 1.29 is 5.11 Å². The number of rotatable bonds is 5. The van der Waals surface area contributed by atoms with Gasteiger partial charge >= 0.3 is 0 Å². The Hall–Kier alpha value is -1.42. The van der Waals surface area contributed by atoms with Gasteiger partial charge in [-0.1, -0.05) is 0 Å². The molecule has 0 spiro atoms. The molecule has 0 radical (unpaired) electrons. The van der Waals surface area contributed by atoms with E-state index in [9.17, 15) is 0 Å². The van der Waals surface area contributed by atoms with Gasteiger partial charge in [0.25, 0.3) is 0 Å². The average Bonchev–Trinajstić information content (AvgIpc) is 2.69. The smallest absolute Gasteiger partial charge is 0.0866 e. The molecule has 1 aliphatic rings. The van der Waals surface area contributed by atoms with E-state index in [1.165, 1.54) is 5.56 Å². The van der Waals surface area contributed by atoms with Crippen LogP contribution in [0.4, 0.5) is 0 Å². The van der Waals surface area contributed by atoms with Crippen LogP contribution in [0.2, 0.25) is 0 Å². The third-order valence-electron chi connectivity index (χ3n) is 3.98. The fraction of sp³-hybridized carbons (Fsp3) is 0.714. The van der Waals surface area contributed by atoms with Gasteiger partial charge in [0.1, 0.15) is 0 Å². The van der Waals surface area contributed by atoms with Gasteiger partial charge in [-0.15, -0.1) is 0 Å². The molecule has 0 unspecified atom stereocenters. The van der Waals surface area contributed by atoms with Crippen molar-refractivity contribution in [2.75, 3.05) is 39.3 Å². The van der Waals surface area contributed by atoms with Crippen LogP contribution in [-0.4, -0.2) is 64.0 Å². The fourth-order valence-electron chi connectivity index (χ4n) is 2.70. The van der Waals surface area contributed by atoms with Crippen LogP contribution in [0.1, 0.15) is 17.0 Å². The molecule has 0 amide bonds. The van der Waals surface area contributed by atoms with E-state index in [4.69, 9.17) is 10.4 Å². The van der Waals surface area contributed by atoms with Crippen LogP contribution >= 0.6 is 0 Å². The largest absolute Gasteiger partial charge is 0.394 e. The van der Waals surface area contributed by atoms with Crippen molar-refractivity contribution in [2.24, 2.45) is 0 Å². The maximum absolute atomic E-state index is 9.04. The molecule has 1 aromatic rings. The molecule has 0 bridgehead atoms. The molecule has 0 aromatic carbocycles. The molecule has 1 aliphatic heterocycles. The topological polar surface area (TPSA) is 68.3 Å². The first-order valence-electron chi connectivity index (χ1n) is 7.11. The van der Waals surface area contributed by atoms with Crippen molar-refractivity contribution in [2.45, 2.75) is 26.9 Å². The molecule has 6 heteroatoms. The van der Waals surface area contributed by atoms with E-state index in [1.54, 1.807) is 0 Å². The quantitative estimate of drug-likeness (QED) is 0.775. The van der Waals surface area contributed by atoms with Gasteiger partial charge in [0.15, 0.2) is 0 Å². The van der Waals surface area contributed by atoms with Gasteiger partial charge in [0.05, 0.1) is 31.5 Å². The maximum atomic E-state index is 9.04. The van der Waals surface area contributed by atoms with Crippen LogP contribution in [0.5, 0.6) is 0 Å². The molecule has 110 valence electrons. The number of piperazine rings is 1. The zero-order chi connectivity index (χ0) is 14.5. The molecule has 1 fully saturated rings. The minimum atomic E-state index is 0.119. The summed E-state index contributed by atoms with van der Waals surface area (Å²) in [5, 5.41) is 22.2. The van der Waals surface area contributed by atoms with E-state index in [1.807, 2.05) is 11.6 Å². The summed E-state index contributed by atoms with van der Waals surface area (Å²) in [7, 11) is 0. The third kappa shape index (κ3) is 3.37. The number of aliphatic hydroxyl groups excluding tert-OH is 1. The van der Waals surface area contributed by atoms with Crippen molar-refractivity contribution in [3.05, 3.63) is 17.0 Å². The second kappa shape index (κ2) is 6.84. The molecule has 0 aliphatic carbocycles. The van der Waals surface area contributed by atoms with E-state index in [2.05, 4.69) is 27.9 Å². The zero-order valence-electron chi connectivity index (χ0n) is 12.3. The fourth-order valence-corrected chi connectivity index (χ4v) is 2.70. The highest BCUT2D eigenvalue weighted by molar-refractivity contribution is 5.24. The first-order chi connectivity index (χ1) is 9.65. The highest BCUT2D eigenvalue weighted by atomic mass is 16.3. The van der Waals surface area contributed by atoms with Crippen molar-refractivity contribution in [1.29, 1.82) is 5.26 Å². The van der Waals surface area contributed by atoms with Gasteiger partial charge in [-0.3, -0.25) is 14.5 Å². The van der Waals surface area contributed by atoms with E-state index >= 15 is 0 Å². The summed E-state index contributed by atoms with van der Waals surface area (Å²) in [6, 6.07) is 2.21. The highest BCUT2D eigenvalue weighted by Gasteiger charge is 2.19. The Balaban J connectivity index is 1.96. The molecular formula is C14H23N5O. The van der Waals surface area contributed by atoms with Crippen molar-refractivity contribution >= 4 is 0 Å². The van der Waals surface area contributed by atoms with Gasteiger partial charge < -0.3 is 5.11 Å². The van der Waals surface area contributed by atoms with Gasteiger partial charge in [-0.25, -0.2) is 0 Å². The van der Waals surface area contributed by atoms with Crippen LogP contribution in [-0.2, 0) is 13.1 Å². The Labute approximate surface area is 120 Å². The number of nitriles is 1. The van der Waals surface area contributed by atoms with E-state index in [-0.39, 0.29) is 6.61 Å². The zero-order valence-corrected chi connectivity index (χ0v) is 12.3. The number of aliphatic hydroxyl groups is 1. The lowest BCUT2D eigenvalue weighted by Crippen LogP contribution is -2.45. The van der Waals surface area contributed by atoms with Crippen molar-refractivity contribution in [3.8, 4) is 6.07 Å². The highest BCUT2D eigenvalue weighted by Crippen LogP contribution is 2.16. The molecule has 1 N–H and O–H groups in total. The molecule has 0 atom stereocenters.